The largest absolute Gasteiger partial charge is 0.500 e. The molecule has 1 aliphatic rings. The van der Waals surface area contributed by atoms with Gasteiger partial charge in [-0.05, 0) is 25.1 Å². The highest BCUT2D eigenvalue weighted by Crippen LogP contribution is 2.36. The monoisotopic (exact) mass is 387 g/mol. The zero-order valence-electron chi connectivity index (χ0n) is 14.8. The van der Waals surface area contributed by atoms with Crippen LogP contribution in [0.3, 0.4) is 0 Å². The smallest absolute Gasteiger partial charge is 0.315 e. The Labute approximate surface area is 159 Å². The van der Waals surface area contributed by atoms with E-state index in [-0.39, 0.29) is 24.5 Å². The van der Waals surface area contributed by atoms with E-state index in [1.165, 1.54) is 12.3 Å². The second-order valence-corrected chi connectivity index (χ2v) is 5.68. The Balaban J connectivity index is 1.69. The van der Waals surface area contributed by atoms with Gasteiger partial charge in [-0.25, -0.2) is 5.43 Å². The first-order valence-electron chi connectivity index (χ1n) is 8.35. The topological polar surface area (TPSA) is 133 Å². The maximum Gasteiger partial charge on any atom is 0.315 e. The molecule has 2 aromatic rings. The quantitative estimate of drug-likeness (QED) is 0.440. The normalized spacial score (nSPS) is 15.2. The fraction of sp³-hybridized carbons (Fsp3) is 0.222. The van der Waals surface area contributed by atoms with Crippen molar-refractivity contribution in [2.75, 3.05) is 13.2 Å². The molecule has 146 valence electrons. The minimum atomic E-state index is -0.889. The molecule has 0 saturated carbocycles. The summed E-state index contributed by atoms with van der Waals surface area (Å²) in [6.07, 6.45) is 0.310. The van der Waals surface area contributed by atoms with Crippen molar-refractivity contribution >= 4 is 17.8 Å². The SMILES string of the molecule is CCOc1cc(/C=N\NC(=O)C2COc3ccccc3O2)cc([N+](=O)[O-])c1O. The summed E-state index contributed by atoms with van der Waals surface area (Å²) in [5.74, 6) is -0.156. The number of nitrogens with zero attached hydrogens (tertiary/aromatic N) is 2. The fourth-order valence-electron chi connectivity index (χ4n) is 2.48. The van der Waals surface area contributed by atoms with E-state index in [0.29, 0.717) is 11.5 Å². The van der Waals surface area contributed by atoms with Crippen LogP contribution in [0.5, 0.6) is 23.0 Å². The third-order valence-corrected chi connectivity index (χ3v) is 3.76. The molecule has 1 heterocycles. The van der Waals surface area contributed by atoms with Crippen LogP contribution in [0.1, 0.15) is 12.5 Å². The van der Waals surface area contributed by atoms with Gasteiger partial charge in [0, 0.05) is 11.6 Å². The van der Waals surface area contributed by atoms with Gasteiger partial charge in [-0.1, -0.05) is 12.1 Å². The molecule has 1 unspecified atom stereocenters. The Hall–Kier alpha value is -3.82. The average molecular weight is 387 g/mol. The first-order chi connectivity index (χ1) is 13.5. The van der Waals surface area contributed by atoms with Crippen molar-refractivity contribution in [1.29, 1.82) is 0 Å². The first kappa shape index (κ1) is 19.0. The minimum absolute atomic E-state index is 0.0253. The van der Waals surface area contributed by atoms with Gasteiger partial charge >= 0.3 is 5.69 Å². The second kappa shape index (κ2) is 8.25. The van der Waals surface area contributed by atoms with E-state index >= 15 is 0 Å². The number of fused-ring (bicyclic) bond motifs is 1. The van der Waals surface area contributed by atoms with Crippen molar-refractivity contribution < 1.29 is 29.0 Å². The molecule has 0 aromatic heterocycles. The number of phenolic OH excluding ortho intramolecular Hbond substituents is 1. The highest BCUT2D eigenvalue weighted by Gasteiger charge is 2.27. The lowest BCUT2D eigenvalue weighted by Gasteiger charge is -2.24. The van der Waals surface area contributed by atoms with Crippen molar-refractivity contribution in [1.82, 2.24) is 5.43 Å². The van der Waals surface area contributed by atoms with Gasteiger partial charge in [-0.2, -0.15) is 5.10 Å². The van der Waals surface area contributed by atoms with Crippen molar-refractivity contribution in [3.63, 3.8) is 0 Å². The number of rotatable bonds is 6. The number of carbonyl (C=O) groups excluding carboxylic acids is 1. The van der Waals surface area contributed by atoms with E-state index in [1.807, 2.05) is 0 Å². The van der Waals surface area contributed by atoms with Crippen LogP contribution in [-0.2, 0) is 4.79 Å². The molecule has 0 bridgehead atoms. The predicted octanol–water partition coefficient (Wildman–Crippen LogP) is 1.99. The van der Waals surface area contributed by atoms with E-state index in [2.05, 4.69) is 10.5 Å². The van der Waals surface area contributed by atoms with Gasteiger partial charge < -0.3 is 19.3 Å². The van der Waals surface area contributed by atoms with Gasteiger partial charge in [0.15, 0.2) is 17.2 Å². The van der Waals surface area contributed by atoms with E-state index in [9.17, 15) is 20.0 Å². The number of para-hydroxylation sites is 2. The van der Waals surface area contributed by atoms with Gasteiger partial charge in [0.1, 0.15) is 6.61 Å². The highest BCUT2D eigenvalue weighted by atomic mass is 16.6. The number of nitro groups is 1. The van der Waals surface area contributed by atoms with Gasteiger partial charge in [0.25, 0.3) is 5.91 Å². The van der Waals surface area contributed by atoms with Gasteiger partial charge in [-0.3, -0.25) is 14.9 Å². The van der Waals surface area contributed by atoms with Crippen LogP contribution in [0.4, 0.5) is 5.69 Å². The van der Waals surface area contributed by atoms with Crippen LogP contribution in [0.2, 0.25) is 0 Å². The van der Waals surface area contributed by atoms with E-state index in [0.717, 1.165) is 6.07 Å². The lowest BCUT2D eigenvalue weighted by Crippen LogP contribution is -2.42. The minimum Gasteiger partial charge on any atom is -0.500 e. The summed E-state index contributed by atoms with van der Waals surface area (Å²) in [6.45, 7) is 1.91. The number of phenols is 1. The highest BCUT2D eigenvalue weighted by molar-refractivity contribution is 5.86. The summed E-state index contributed by atoms with van der Waals surface area (Å²) in [5, 5.41) is 24.7. The second-order valence-electron chi connectivity index (χ2n) is 5.68. The standard InChI is InChI=1S/C18H17N3O7/c1-2-26-15-8-11(7-12(17(15)22)21(24)25)9-19-20-18(23)16-10-27-13-5-3-4-6-14(13)28-16/h3-9,16,22H,2,10H2,1H3,(H,20,23)/b19-9-. The Morgan fingerprint density at radius 1 is 1.43 bits per heavy atom. The molecule has 28 heavy (non-hydrogen) atoms. The van der Waals surface area contributed by atoms with E-state index in [1.54, 1.807) is 31.2 Å². The van der Waals surface area contributed by atoms with E-state index in [4.69, 9.17) is 14.2 Å². The number of hydrogen-bond donors (Lipinski definition) is 2. The fourth-order valence-corrected chi connectivity index (χ4v) is 2.48. The summed E-state index contributed by atoms with van der Waals surface area (Å²) < 4.78 is 16.2. The van der Waals surface area contributed by atoms with Crippen LogP contribution in [0.15, 0.2) is 41.5 Å². The summed E-state index contributed by atoms with van der Waals surface area (Å²) in [7, 11) is 0. The molecule has 0 radical (unpaired) electrons. The maximum atomic E-state index is 12.2. The van der Waals surface area contributed by atoms with Crippen molar-refractivity contribution in [2.45, 2.75) is 13.0 Å². The molecule has 10 nitrogen and oxygen atoms in total. The third kappa shape index (κ3) is 4.11. The Kier molecular flexibility index (Phi) is 5.58. The summed E-state index contributed by atoms with van der Waals surface area (Å²) in [6, 6.07) is 9.45. The van der Waals surface area contributed by atoms with Gasteiger partial charge in [0.05, 0.1) is 17.7 Å². The Morgan fingerprint density at radius 3 is 2.89 bits per heavy atom. The number of hydrazone groups is 1. The number of nitro benzene ring substituents is 1. The predicted molar refractivity (Wildman–Crippen MR) is 98.0 cm³/mol. The number of ether oxygens (including phenoxy) is 3. The lowest BCUT2D eigenvalue weighted by molar-refractivity contribution is -0.386. The van der Waals surface area contributed by atoms with Crippen LogP contribution in [0.25, 0.3) is 0 Å². The van der Waals surface area contributed by atoms with Crippen molar-refractivity contribution in [3.05, 3.63) is 52.1 Å². The van der Waals surface area contributed by atoms with E-state index < -0.39 is 28.4 Å². The molecule has 2 aromatic carbocycles. The molecule has 3 rings (SSSR count). The summed E-state index contributed by atoms with van der Waals surface area (Å²) in [4.78, 5) is 22.5. The van der Waals surface area contributed by atoms with Crippen LogP contribution in [-0.4, -0.2) is 41.5 Å². The number of benzene rings is 2. The van der Waals surface area contributed by atoms with Crippen molar-refractivity contribution in [3.8, 4) is 23.0 Å². The number of amides is 1. The van der Waals surface area contributed by atoms with Crippen LogP contribution < -0.4 is 19.6 Å². The molecule has 1 amide bonds. The molecular formula is C18H17N3O7. The molecule has 1 atom stereocenters. The Morgan fingerprint density at radius 2 is 2.18 bits per heavy atom. The maximum absolute atomic E-state index is 12.2. The van der Waals surface area contributed by atoms with Crippen LogP contribution in [0, 0.1) is 10.1 Å². The van der Waals surface area contributed by atoms with Crippen LogP contribution >= 0.6 is 0 Å². The molecule has 0 aliphatic carbocycles. The molecular weight excluding hydrogens is 370 g/mol. The molecule has 10 heteroatoms. The van der Waals surface area contributed by atoms with Gasteiger partial charge in [-0.15, -0.1) is 0 Å². The number of hydrogen-bond acceptors (Lipinski definition) is 8. The molecule has 1 aliphatic heterocycles. The first-order valence-corrected chi connectivity index (χ1v) is 8.35. The van der Waals surface area contributed by atoms with Gasteiger partial charge in [0.2, 0.25) is 11.9 Å². The Bertz CT molecular complexity index is 929. The number of aromatic hydroxyl groups is 1. The molecule has 0 fully saturated rings. The lowest BCUT2D eigenvalue weighted by atomic mass is 10.2. The zero-order valence-corrected chi connectivity index (χ0v) is 14.8. The zero-order chi connectivity index (χ0) is 20.1. The number of nitrogens with one attached hydrogen (secondary N) is 1. The van der Waals surface area contributed by atoms with Crippen molar-refractivity contribution in [2.24, 2.45) is 5.10 Å². The summed E-state index contributed by atoms with van der Waals surface area (Å²) in [5.41, 5.74) is 2.03. The average Bonchev–Trinajstić information content (AvgIpc) is 2.69. The summed E-state index contributed by atoms with van der Waals surface area (Å²) >= 11 is 0. The molecule has 2 N–H and O–H groups in total. The molecule has 0 spiro atoms. The number of carbonyl (C=O) groups is 1. The third-order valence-electron chi connectivity index (χ3n) is 3.76. The molecule has 0 saturated heterocycles.